The molecule has 0 unspecified atom stereocenters. The largest absolute Gasteiger partial charge is 0.475 e. The maximum absolute atomic E-state index is 5.98. The Labute approximate surface area is 151 Å². The Balaban J connectivity index is 1.66. The normalized spacial score (nSPS) is 11.4. The number of rotatable bonds is 7. The van der Waals surface area contributed by atoms with Crippen LogP contribution in [0, 0.1) is 13.8 Å². The van der Waals surface area contributed by atoms with Gasteiger partial charge >= 0.3 is 0 Å². The number of nitrogens with zero attached hydrogens (tertiary/aromatic N) is 3. The molecule has 6 nitrogen and oxygen atoms in total. The van der Waals surface area contributed by atoms with E-state index in [0.29, 0.717) is 24.1 Å². The Morgan fingerprint density at radius 2 is 2.12 bits per heavy atom. The zero-order valence-electron chi connectivity index (χ0n) is 14.1. The van der Waals surface area contributed by atoms with Gasteiger partial charge in [0.2, 0.25) is 5.88 Å². The first-order chi connectivity index (χ1) is 11.6. The highest BCUT2D eigenvalue weighted by Gasteiger charge is 2.05. The van der Waals surface area contributed by atoms with Gasteiger partial charge in [0.1, 0.15) is 11.6 Å². The summed E-state index contributed by atoms with van der Waals surface area (Å²) in [7, 11) is 1.74. The summed E-state index contributed by atoms with van der Waals surface area (Å²) in [6.45, 7) is 5.96. The van der Waals surface area contributed by atoms with E-state index in [2.05, 4.69) is 32.5 Å². The van der Waals surface area contributed by atoms with E-state index in [1.165, 1.54) is 4.88 Å². The molecule has 2 N–H and O–H groups in total. The number of aryl methyl sites for hydroxylation is 2. The van der Waals surface area contributed by atoms with E-state index in [0.717, 1.165) is 29.6 Å². The third kappa shape index (κ3) is 5.65. The fourth-order valence-corrected chi connectivity index (χ4v) is 3.06. The van der Waals surface area contributed by atoms with Crippen LogP contribution in [0.3, 0.4) is 0 Å². The van der Waals surface area contributed by atoms with E-state index in [4.69, 9.17) is 16.3 Å². The lowest BCUT2D eigenvalue weighted by atomic mass is 10.4. The first-order valence-corrected chi connectivity index (χ1v) is 8.90. The summed E-state index contributed by atoms with van der Waals surface area (Å²) in [6, 6.07) is 3.52. The number of ether oxygens (including phenoxy) is 1. The Bertz CT molecular complexity index is 669. The fourth-order valence-electron chi connectivity index (χ4n) is 1.95. The smallest absolute Gasteiger partial charge is 0.232 e. The van der Waals surface area contributed by atoms with Crippen LogP contribution < -0.4 is 15.4 Å². The lowest BCUT2D eigenvalue weighted by Crippen LogP contribution is -2.40. The number of nitrogens with one attached hydrogen (secondary N) is 2. The van der Waals surface area contributed by atoms with Crippen molar-refractivity contribution < 1.29 is 4.74 Å². The number of pyridine rings is 1. The van der Waals surface area contributed by atoms with Crippen LogP contribution in [-0.4, -0.2) is 42.7 Å². The van der Waals surface area contributed by atoms with Crippen molar-refractivity contribution in [1.29, 1.82) is 0 Å². The van der Waals surface area contributed by atoms with Crippen molar-refractivity contribution in [2.75, 3.05) is 26.7 Å². The minimum atomic E-state index is 0.443. The van der Waals surface area contributed by atoms with Crippen LogP contribution in [0.2, 0.25) is 5.02 Å². The highest BCUT2D eigenvalue weighted by atomic mass is 35.5. The zero-order chi connectivity index (χ0) is 17.4. The molecule has 2 aromatic rings. The van der Waals surface area contributed by atoms with Crippen LogP contribution >= 0.6 is 22.9 Å². The molecule has 0 aromatic carbocycles. The second kappa shape index (κ2) is 9.44. The number of aromatic nitrogens is 2. The topological polar surface area (TPSA) is 71.4 Å². The summed E-state index contributed by atoms with van der Waals surface area (Å²) >= 11 is 7.73. The van der Waals surface area contributed by atoms with Gasteiger partial charge in [0.15, 0.2) is 5.96 Å². The summed E-state index contributed by atoms with van der Waals surface area (Å²) in [5.41, 5.74) is 1.11. The average molecular weight is 368 g/mol. The minimum absolute atomic E-state index is 0.443. The number of hydrogen-bond donors (Lipinski definition) is 2. The van der Waals surface area contributed by atoms with Crippen LogP contribution in [0.4, 0.5) is 0 Å². The molecule has 2 heterocycles. The van der Waals surface area contributed by atoms with Crippen molar-refractivity contribution >= 4 is 28.9 Å². The first kappa shape index (κ1) is 18.5. The van der Waals surface area contributed by atoms with Gasteiger partial charge in [-0.1, -0.05) is 11.6 Å². The highest BCUT2D eigenvalue weighted by molar-refractivity contribution is 7.11. The third-order valence-corrected chi connectivity index (χ3v) is 4.71. The SMILES string of the molecule is CN=C(NCCOc1ncccc1Cl)NCCc1nc(C)c(C)s1. The molecule has 0 radical (unpaired) electrons. The van der Waals surface area contributed by atoms with Gasteiger partial charge in [0.25, 0.3) is 0 Å². The van der Waals surface area contributed by atoms with Crippen LogP contribution in [0.25, 0.3) is 0 Å². The molecule has 2 rings (SSSR count). The van der Waals surface area contributed by atoms with Crippen molar-refractivity contribution in [2.24, 2.45) is 4.99 Å². The highest BCUT2D eigenvalue weighted by Crippen LogP contribution is 2.19. The van der Waals surface area contributed by atoms with Gasteiger partial charge in [-0.05, 0) is 26.0 Å². The standard InChI is InChI=1S/C16H22ClN5OS/c1-11-12(2)24-14(22-11)6-8-20-16(18-3)21-9-10-23-15-13(17)5-4-7-19-15/h4-5,7H,6,8-10H2,1-3H3,(H2,18,20,21). The summed E-state index contributed by atoms with van der Waals surface area (Å²) in [5.74, 6) is 1.18. The van der Waals surface area contributed by atoms with E-state index in [1.807, 2.05) is 6.92 Å². The summed E-state index contributed by atoms with van der Waals surface area (Å²) in [5, 5.41) is 8.10. The Kier molecular flexibility index (Phi) is 7.27. The molecule has 0 saturated carbocycles. The van der Waals surface area contributed by atoms with E-state index >= 15 is 0 Å². The predicted molar refractivity (Wildman–Crippen MR) is 99.4 cm³/mol. The average Bonchev–Trinajstić information content (AvgIpc) is 2.89. The molecule has 2 aromatic heterocycles. The van der Waals surface area contributed by atoms with Crippen molar-refractivity contribution in [2.45, 2.75) is 20.3 Å². The molecule has 0 atom stereocenters. The summed E-state index contributed by atoms with van der Waals surface area (Å²) < 4.78 is 5.52. The lowest BCUT2D eigenvalue weighted by Gasteiger charge is -2.12. The molecule has 0 aliphatic heterocycles. The Morgan fingerprint density at radius 1 is 1.33 bits per heavy atom. The predicted octanol–water partition coefficient (Wildman–Crippen LogP) is 2.59. The van der Waals surface area contributed by atoms with Crippen molar-refractivity contribution in [3.8, 4) is 5.88 Å². The van der Waals surface area contributed by atoms with Crippen LogP contribution in [0.15, 0.2) is 23.3 Å². The van der Waals surface area contributed by atoms with E-state index in [-0.39, 0.29) is 0 Å². The molecular weight excluding hydrogens is 346 g/mol. The number of guanidine groups is 1. The monoisotopic (exact) mass is 367 g/mol. The molecule has 0 fully saturated rings. The van der Waals surface area contributed by atoms with Gasteiger partial charge in [-0.25, -0.2) is 9.97 Å². The van der Waals surface area contributed by atoms with Crippen molar-refractivity contribution in [3.05, 3.63) is 38.9 Å². The van der Waals surface area contributed by atoms with Gasteiger partial charge in [0.05, 0.1) is 17.2 Å². The third-order valence-electron chi connectivity index (χ3n) is 3.29. The minimum Gasteiger partial charge on any atom is -0.475 e. The van der Waals surface area contributed by atoms with Gasteiger partial charge in [0, 0.05) is 31.1 Å². The molecule has 130 valence electrons. The van der Waals surface area contributed by atoms with Crippen molar-refractivity contribution in [3.63, 3.8) is 0 Å². The number of thiazole rings is 1. The Hall–Kier alpha value is -1.86. The molecular formula is C16H22ClN5OS. The molecule has 24 heavy (non-hydrogen) atoms. The van der Waals surface area contributed by atoms with Crippen LogP contribution in [0.1, 0.15) is 15.6 Å². The summed E-state index contributed by atoms with van der Waals surface area (Å²) in [6.07, 6.45) is 2.53. The molecule has 0 bridgehead atoms. The molecule has 0 saturated heterocycles. The number of hydrogen-bond acceptors (Lipinski definition) is 5. The van der Waals surface area contributed by atoms with Gasteiger partial charge < -0.3 is 15.4 Å². The van der Waals surface area contributed by atoms with Crippen molar-refractivity contribution in [1.82, 2.24) is 20.6 Å². The summed E-state index contributed by atoms with van der Waals surface area (Å²) in [4.78, 5) is 14.1. The second-order valence-electron chi connectivity index (χ2n) is 5.06. The lowest BCUT2D eigenvalue weighted by molar-refractivity contribution is 0.310. The quantitative estimate of drug-likeness (QED) is 0.447. The Morgan fingerprint density at radius 3 is 2.79 bits per heavy atom. The molecule has 8 heteroatoms. The maximum Gasteiger partial charge on any atom is 0.232 e. The fraction of sp³-hybridized carbons (Fsp3) is 0.438. The maximum atomic E-state index is 5.98. The van der Waals surface area contributed by atoms with Gasteiger partial charge in [-0.15, -0.1) is 11.3 Å². The molecule has 0 amide bonds. The molecule has 0 spiro atoms. The first-order valence-electron chi connectivity index (χ1n) is 7.71. The second-order valence-corrected chi connectivity index (χ2v) is 6.76. The molecule has 0 aliphatic carbocycles. The number of halogens is 1. The van der Waals surface area contributed by atoms with E-state index in [9.17, 15) is 0 Å². The molecule has 0 aliphatic rings. The number of aliphatic imine (C=N–C) groups is 1. The van der Waals surface area contributed by atoms with Gasteiger partial charge in [-0.3, -0.25) is 4.99 Å². The van der Waals surface area contributed by atoms with E-state index in [1.54, 1.807) is 36.7 Å². The van der Waals surface area contributed by atoms with Crippen LogP contribution in [0.5, 0.6) is 5.88 Å². The zero-order valence-corrected chi connectivity index (χ0v) is 15.7. The van der Waals surface area contributed by atoms with E-state index < -0.39 is 0 Å². The van der Waals surface area contributed by atoms with Gasteiger partial charge in [-0.2, -0.15) is 0 Å². The van der Waals surface area contributed by atoms with Crippen LogP contribution in [-0.2, 0) is 6.42 Å².